The summed E-state index contributed by atoms with van der Waals surface area (Å²) in [6, 6.07) is 0. The first-order chi connectivity index (χ1) is 8.04. The zero-order chi connectivity index (χ0) is 12.8. The van der Waals surface area contributed by atoms with E-state index in [0.717, 1.165) is 12.8 Å². The van der Waals surface area contributed by atoms with Crippen molar-refractivity contribution in [3.05, 3.63) is 0 Å². The number of esters is 1. The topological polar surface area (TPSA) is 92.9 Å². The molecule has 0 aromatic carbocycles. The number of rotatable bonds is 5. The Kier molecular flexibility index (Phi) is 5.37. The Morgan fingerprint density at radius 1 is 1.41 bits per heavy atom. The molecular formula is C11H20N2O4. The first kappa shape index (κ1) is 13.9. The summed E-state index contributed by atoms with van der Waals surface area (Å²) in [7, 11) is 0. The zero-order valence-corrected chi connectivity index (χ0v) is 10.1. The predicted molar refractivity (Wildman–Crippen MR) is 60.9 cm³/mol. The smallest absolute Gasteiger partial charge is 0.310 e. The maximum absolute atomic E-state index is 11.7. The number of carbonyl (C=O) groups is 2. The molecule has 1 saturated heterocycles. The lowest BCUT2D eigenvalue weighted by Gasteiger charge is -2.31. The highest BCUT2D eigenvalue weighted by Gasteiger charge is 2.34. The van der Waals surface area contributed by atoms with E-state index in [2.05, 4.69) is 0 Å². The summed E-state index contributed by atoms with van der Waals surface area (Å²) in [4.78, 5) is 22.6. The quantitative estimate of drug-likeness (QED) is 0.408. The summed E-state index contributed by atoms with van der Waals surface area (Å²) in [5.41, 5.74) is 0. The van der Waals surface area contributed by atoms with Gasteiger partial charge in [-0.2, -0.15) is 0 Å². The number of carboxylic acid groups (broad SMARTS) is 1. The molecule has 6 nitrogen and oxygen atoms in total. The summed E-state index contributed by atoms with van der Waals surface area (Å²) < 4.78 is 5.08. The summed E-state index contributed by atoms with van der Waals surface area (Å²) in [5.74, 6) is 3.35. The molecule has 17 heavy (non-hydrogen) atoms. The number of nitrogens with two attached hydrogens (primary N) is 1. The van der Waals surface area contributed by atoms with Crippen LogP contribution in [0.15, 0.2) is 0 Å². The second-order valence-electron chi connectivity index (χ2n) is 4.44. The number of piperidine rings is 1. The monoisotopic (exact) mass is 244 g/mol. The normalized spacial score (nSPS) is 25.5. The summed E-state index contributed by atoms with van der Waals surface area (Å²) in [5, 5.41) is 10.3. The Hall–Kier alpha value is -1.14. The minimum Gasteiger partial charge on any atom is -0.481 e. The molecule has 2 atom stereocenters. The van der Waals surface area contributed by atoms with E-state index in [0.29, 0.717) is 19.6 Å². The number of hydrogen-bond acceptors (Lipinski definition) is 5. The molecule has 0 radical (unpaired) electrons. The summed E-state index contributed by atoms with van der Waals surface area (Å²) in [6.45, 7) is 3.06. The van der Waals surface area contributed by atoms with Gasteiger partial charge in [0.05, 0.1) is 18.4 Å². The molecule has 98 valence electrons. The Morgan fingerprint density at radius 2 is 2.06 bits per heavy atom. The Bertz CT molecular complexity index is 283. The molecule has 0 aromatic rings. The lowest BCUT2D eigenvalue weighted by molar-refractivity contribution is -0.154. The van der Waals surface area contributed by atoms with Gasteiger partial charge in [0.25, 0.3) is 0 Å². The molecule has 0 saturated carbocycles. The largest absolute Gasteiger partial charge is 0.481 e. The minimum absolute atomic E-state index is 0.286. The molecule has 1 aliphatic heterocycles. The lowest BCUT2D eigenvalue weighted by Crippen LogP contribution is -2.49. The summed E-state index contributed by atoms with van der Waals surface area (Å²) in [6.07, 6.45) is 2.10. The van der Waals surface area contributed by atoms with Gasteiger partial charge in [0.1, 0.15) is 0 Å². The van der Waals surface area contributed by atoms with Gasteiger partial charge in [-0.3, -0.25) is 15.4 Å². The third-order valence-corrected chi connectivity index (χ3v) is 2.90. The maximum Gasteiger partial charge on any atom is 0.310 e. The van der Waals surface area contributed by atoms with Crippen molar-refractivity contribution in [1.82, 2.24) is 5.01 Å². The fraction of sp³-hybridized carbons (Fsp3) is 0.818. The standard InChI is InChI=1S/C11H20N2O4/c1-2-3-4-17-11(16)9-5-8(10(14)15)6-13(12)7-9/h8-9H,2-7,12H2,1H3,(H,14,15). The van der Waals surface area contributed by atoms with Crippen LogP contribution in [0, 0.1) is 11.8 Å². The van der Waals surface area contributed by atoms with Gasteiger partial charge in [0.15, 0.2) is 0 Å². The fourth-order valence-electron chi connectivity index (χ4n) is 1.92. The van der Waals surface area contributed by atoms with Gasteiger partial charge in [0.2, 0.25) is 0 Å². The SMILES string of the molecule is CCCCOC(=O)C1CC(C(=O)O)CN(N)C1. The van der Waals surface area contributed by atoms with Gasteiger partial charge in [-0.1, -0.05) is 13.3 Å². The number of carboxylic acids is 1. The van der Waals surface area contributed by atoms with Crippen LogP contribution in [0.3, 0.4) is 0 Å². The molecule has 0 aromatic heterocycles. The Balaban J connectivity index is 2.46. The fourth-order valence-corrected chi connectivity index (χ4v) is 1.92. The van der Waals surface area contributed by atoms with Crippen molar-refractivity contribution in [2.75, 3.05) is 19.7 Å². The van der Waals surface area contributed by atoms with Gasteiger partial charge in [-0.05, 0) is 12.8 Å². The second kappa shape index (κ2) is 6.56. The number of hydrazine groups is 1. The number of ether oxygens (including phenoxy) is 1. The van der Waals surface area contributed by atoms with Crippen LogP contribution in [0.5, 0.6) is 0 Å². The average Bonchev–Trinajstić information content (AvgIpc) is 2.28. The first-order valence-corrected chi connectivity index (χ1v) is 5.93. The third kappa shape index (κ3) is 4.32. The number of carbonyl (C=O) groups excluding carboxylic acids is 1. The van der Waals surface area contributed by atoms with E-state index >= 15 is 0 Å². The molecule has 6 heteroatoms. The molecule has 1 aliphatic rings. The first-order valence-electron chi connectivity index (χ1n) is 5.93. The second-order valence-corrected chi connectivity index (χ2v) is 4.44. The van der Waals surface area contributed by atoms with Crippen molar-refractivity contribution in [2.24, 2.45) is 17.7 Å². The van der Waals surface area contributed by atoms with Crippen LogP contribution in [-0.4, -0.2) is 41.8 Å². The van der Waals surface area contributed by atoms with E-state index in [-0.39, 0.29) is 12.5 Å². The third-order valence-electron chi connectivity index (χ3n) is 2.90. The Labute approximate surface area is 101 Å². The van der Waals surface area contributed by atoms with E-state index in [4.69, 9.17) is 15.7 Å². The van der Waals surface area contributed by atoms with Crippen LogP contribution in [-0.2, 0) is 14.3 Å². The molecule has 1 heterocycles. The van der Waals surface area contributed by atoms with Crippen molar-refractivity contribution in [3.8, 4) is 0 Å². The number of hydrogen-bond donors (Lipinski definition) is 2. The highest BCUT2D eigenvalue weighted by atomic mass is 16.5. The molecule has 3 N–H and O–H groups in total. The van der Waals surface area contributed by atoms with E-state index in [9.17, 15) is 9.59 Å². The molecule has 0 aliphatic carbocycles. The molecule has 1 fully saturated rings. The van der Waals surface area contributed by atoms with Gasteiger partial charge in [0, 0.05) is 13.1 Å². The lowest BCUT2D eigenvalue weighted by atomic mass is 9.90. The minimum atomic E-state index is -0.911. The van der Waals surface area contributed by atoms with Crippen LogP contribution in [0.2, 0.25) is 0 Å². The van der Waals surface area contributed by atoms with Crippen molar-refractivity contribution in [3.63, 3.8) is 0 Å². The highest BCUT2D eigenvalue weighted by Crippen LogP contribution is 2.21. The van der Waals surface area contributed by atoms with Gasteiger partial charge >= 0.3 is 11.9 Å². The van der Waals surface area contributed by atoms with Crippen LogP contribution < -0.4 is 5.84 Å². The maximum atomic E-state index is 11.7. The molecular weight excluding hydrogens is 224 g/mol. The van der Waals surface area contributed by atoms with E-state index in [1.54, 1.807) is 0 Å². The van der Waals surface area contributed by atoms with Crippen LogP contribution >= 0.6 is 0 Å². The number of unbranched alkanes of at least 4 members (excludes halogenated alkanes) is 1. The van der Waals surface area contributed by atoms with Crippen LogP contribution in [0.1, 0.15) is 26.2 Å². The number of aliphatic carboxylic acids is 1. The predicted octanol–water partition coefficient (Wildman–Crippen LogP) is 0.226. The van der Waals surface area contributed by atoms with Crippen molar-refractivity contribution >= 4 is 11.9 Å². The average molecular weight is 244 g/mol. The summed E-state index contributed by atoms with van der Waals surface area (Å²) >= 11 is 0. The molecule has 0 spiro atoms. The zero-order valence-electron chi connectivity index (χ0n) is 10.1. The van der Waals surface area contributed by atoms with Crippen LogP contribution in [0.4, 0.5) is 0 Å². The van der Waals surface area contributed by atoms with Gasteiger partial charge in [-0.25, -0.2) is 5.01 Å². The molecule has 0 amide bonds. The highest BCUT2D eigenvalue weighted by molar-refractivity contribution is 5.76. The van der Waals surface area contributed by atoms with Crippen molar-refractivity contribution in [2.45, 2.75) is 26.2 Å². The Morgan fingerprint density at radius 3 is 2.65 bits per heavy atom. The van der Waals surface area contributed by atoms with E-state index in [1.807, 2.05) is 6.92 Å². The molecule has 0 bridgehead atoms. The van der Waals surface area contributed by atoms with Crippen LogP contribution in [0.25, 0.3) is 0 Å². The van der Waals surface area contributed by atoms with Crippen molar-refractivity contribution in [1.29, 1.82) is 0 Å². The van der Waals surface area contributed by atoms with E-state index < -0.39 is 17.8 Å². The number of nitrogens with zero attached hydrogens (tertiary/aromatic N) is 1. The molecule has 2 unspecified atom stereocenters. The van der Waals surface area contributed by atoms with Gasteiger partial charge < -0.3 is 9.84 Å². The van der Waals surface area contributed by atoms with Crippen molar-refractivity contribution < 1.29 is 19.4 Å². The van der Waals surface area contributed by atoms with E-state index in [1.165, 1.54) is 5.01 Å². The van der Waals surface area contributed by atoms with Gasteiger partial charge in [-0.15, -0.1) is 0 Å². The molecule has 1 rings (SSSR count).